The predicted octanol–water partition coefficient (Wildman–Crippen LogP) is 1.94. The van der Waals surface area contributed by atoms with Crippen LogP contribution in [0, 0.1) is 0 Å². The van der Waals surface area contributed by atoms with Gasteiger partial charge in [0, 0.05) is 0 Å². The lowest BCUT2D eigenvalue weighted by molar-refractivity contribution is -0.142. The SMILES string of the molecule is O=C(O)C1(Nc2cncc(Cl)n2)CCCC1. The summed E-state index contributed by atoms with van der Waals surface area (Å²) in [4.78, 5) is 19.1. The molecule has 0 saturated heterocycles. The van der Waals surface area contributed by atoms with Crippen LogP contribution >= 0.6 is 11.6 Å². The van der Waals surface area contributed by atoms with E-state index in [9.17, 15) is 9.90 Å². The van der Waals surface area contributed by atoms with Crippen LogP contribution in [-0.4, -0.2) is 26.6 Å². The third kappa shape index (κ3) is 2.09. The summed E-state index contributed by atoms with van der Waals surface area (Å²) in [5.74, 6) is -0.427. The second-order valence-electron chi connectivity index (χ2n) is 3.95. The average Bonchev–Trinajstić information content (AvgIpc) is 2.67. The van der Waals surface area contributed by atoms with Gasteiger partial charge in [0.05, 0.1) is 12.4 Å². The fourth-order valence-corrected chi connectivity index (χ4v) is 2.17. The van der Waals surface area contributed by atoms with Crippen LogP contribution in [0.15, 0.2) is 12.4 Å². The smallest absolute Gasteiger partial charge is 0.329 e. The van der Waals surface area contributed by atoms with Gasteiger partial charge in [0.2, 0.25) is 0 Å². The van der Waals surface area contributed by atoms with Gasteiger partial charge < -0.3 is 10.4 Å². The molecule has 1 fully saturated rings. The first kappa shape index (κ1) is 11.1. The normalized spacial score (nSPS) is 18.3. The number of nitrogens with zero attached hydrogens (tertiary/aromatic N) is 2. The Morgan fingerprint density at radius 1 is 1.44 bits per heavy atom. The van der Waals surface area contributed by atoms with Crippen molar-refractivity contribution in [2.24, 2.45) is 0 Å². The molecule has 16 heavy (non-hydrogen) atoms. The van der Waals surface area contributed by atoms with Gasteiger partial charge in [-0.1, -0.05) is 24.4 Å². The highest BCUT2D eigenvalue weighted by Gasteiger charge is 2.41. The molecule has 1 aliphatic rings. The van der Waals surface area contributed by atoms with Crippen LogP contribution in [-0.2, 0) is 4.79 Å². The molecule has 2 N–H and O–H groups in total. The number of hydrogen-bond acceptors (Lipinski definition) is 4. The fraction of sp³-hybridized carbons (Fsp3) is 0.500. The topological polar surface area (TPSA) is 75.1 Å². The van der Waals surface area contributed by atoms with Gasteiger partial charge in [-0.3, -0.25) is 4.98 Å². The van der Waals surface area contributed by atoms with Gasteiger partial charge in [-0.15, -0.1) is 0 Å². The van der Waals surface area contributed by atoms with E-state index in [2.05, 4.69) is 15.3 Å². The average molecular weight is 242 g/mol. The molecule has 0 aromatic carbocycles. The molecule has 0 spiro atoms. The maximum absolute atomic E-state index is 11.3. The van der Waals surface area contributed by atoms with Gasteiger partial charge >= 0.3 is 5.97 Å². The van der Waals surface area contributed by atoms with Crippen LogP contribution < -0.4 is 5.32 Å². The van der Waals surface area contributed by atoms with E-state index in [1.165, 1.54) is 12.4 Å². The minimum Gasteiger partial charge on any atom is -0.480 e. The fourth-order valence-electron chi connectivity index (χ4n) is 2.02. The molecule has 1 heterocycles. The zero-order chi connectivity index (χ0) is 11.6. The first-order valence-corrected chi connectivity index (χ1v) is 5.49. The molecule has 1 saturated carbocycles. The molecule has 0 atom stereocenters. The summed E-state index contributed by atoms with van der Waals surface area (Å²) in [6, 6.07) is 0. The van der Waals surface area contributed by atoms with Crippen molar-refractivity contribution in [2.75, 3.05) is 5.32 Å². The molecule has 6 heteroatoms. The molecule has 1 aromatic rings. The minimum absolute atomic E-state index is 0.253. The van der Waals surface area contributed by atoms with Crippen LogP contribution in [0.4, 0.5) is 5.82 Å². The minimum atomic E-state index is -0.903. The lowest BCUT2D eigenvalue weighted by Crippen LogP contribution is -2.43. The number of carboxylic acids is 1. The Morgan fingerprint density at radius 3 is 2.69 bits per heavy atom. The van der Waals surface area contributed by atoms with Gasteiger partial charge in [0.15, 0.2) is 0 Å². The molecule has 1 aliphatic carbocycles. The number of carbonyl (C=O) groups is 1. The second-order valence-corrected chi connectivity index (χ2v) is 4.33. The highest BCUT2D eigenvalue weighted by Crippen LogP contribution is 2.32. The molecule has 0 radical (unpaired) electrons. The molecule has 2 rings (SSSR count). The molecule has 86 valence electrons. The third-order valence-corrected chi connectivity index (χ3v) is 3.02. The number of hydrogen-bond donors (Lipinski definition) is 2. The quantitative estimate of drug-likeness (QED) is 0.846. The predicted molar refractivity (Wildman–Crippen MR) is 59.5 cm³/mol. The van der Waals surface area contributed by atoms with Crippen LogP contribution in [0.25, 0.3) is 0 Å². The van der Waals surface area contributed by atoms with Crippen molar-refractivity contribution < 1.29 is 9.90 Å². The number of anilines is 1. The van der Waals surface area contributed by atoms with E-state index >= 15 is 0 Å². The van der Waals surface area contributed by atoms with Crippen molar-refractivity contribution in [3.63, 3.8) is 0 Å². The Kier molecular flexibility index (Phi) is 2.96. The van der Waals surface area contributed by atoms with Crippen LogP contribution in [0.1, 0.15) is 25.7 Å². The number of carboxylic acid groups (broad SMARTS) is 1. The largest absolute Gasteiger partial charge is 0.480 e. The Labute approximate surface area is 97.9 Å². The van der Waals surface area contributed by atoms with E-state index in [0.717, 1.165) is 12.8 Å². The van der Waals surface area contributed by atoms with Crippen LogP contribution in [0.2, 0.25) is 5.15 Å². The number of aromatic nitrogens is 2. The van der Waals surface area contributed by atoms with Gasteiger partial charge in [-0.25, -0.2) is 9.78 Å². The Hall–Kier alpha value is -1.36. The zero-order valence-electron chi connectivity index (χ0n) is 8.61. The first-order chi connectivity index (χ1) is 7.62. The zero-order valence-corrected chi connectivity index (χ0v) is 9.37. The molecule has 1 aromatic heterocycles. The van der Waals surface area contributed by atoms with Gasteiger partial charge in [-0.2, -0.15) is 0 Å². The Bertz CT molecular complexity index is 405. The summed E-state index contributed by atoms with van der Waals surface area (Å²) in [6.07, 6.45) is 5.93. The number of aliphatic carboxylic acids is 1. The third-order valence-electron chi connectivity index (χ3n) is 2.84. The summed E-state index contributed by atoms with van der Waals surface area (Å²) in [6.45, 7) is 0. The van der Waals surface area contributed by atoms with Crippen molar-refractivity contribution in [1.82, 2.24) is 9.97 Å². The highest BCUT2D eigenvalue weighted by atomic mass is 35.5. The van der Waals surface area contributed by atoms with E-state index in [1.807, 2.05) is 0 Å². The second kappa shape index (κ2) is 4.25. The van der Waals surface area contributed by atoms with E-state index in [4.69, 9.17) is 11.6 Å². The molecule has 0 aliphatic heterocycles. The Balaban J connectivity index is 2.21. The standard InChI is InChI=1S/C10H12ClN3O2/c11-7-5-12-6-8(13-7)14-10(9(15)16)3-1-2-4-10/h5-6H,1-4H2,(H,13,14)(H,15,16). The number of rotatable bonds is 3. The summed E-state index contributed by atoms with van der Waals surface area (Å²) < 4.78 is 0. The van der Waals surface area contributed by atoms with Crippen LogP contribution in [0.5, 0.6) is 0 Å². The molecule has 0 amide bonds. The van der Waals surface area contributed by atoms with Crippen molar-refractivity contribution >= 4 is 23.4 Å². The first-order valence-electron chi connectivity index (χ1n) is 5.11. The maximum Gasteiger partial charge on any atom is 0.329 e. The maximum atomic E-state index is 11.3. The molecular weight excluding hydrogens is 230 g/mol. The van der Waals surface area contributed by atoms with Crippen molar-refractivity contribution in [1.29, 1.82) is 0 Å². The number of nitrogens with one attached hydrogen (secondary N) is 1. The molecular formula is C10H12ClN3O2. The van der Waals surface area contributed by atoms with Crippen LogP contribution in [0.3, 0.4) is 0 Å². The van der Waals surface area contributed by atoms with E-state index < -0.39 is 11.5 Å². The molecule has 0 bridgehead atoms. The van der Waals surface area contributed by atoms with Gasteiger partial charge in [0.1, 0.15) is 16.5 Å². The van der Waals surface area contributed by atoms with E-state index in [0.29, 0.717) is 18.7 Å². The lowest BCUT2D eigenvalue weighted by atomic mass is 9.98. The molecule has 0 unspecified atom stereocenters. The lowest BCUT2D eigenvalue weighted by Gasteiger charge is -2.25. The summed E-state index contributed by atoms with van der Waals surface area (Å²) >= 11 is 5.69. The summed E-state index contributed by atoms with van der Waals surface area (Å²) in [7, 11) is 0. The van der Waals surface area contributed by atoms with E-state index in [-0.39, 0.29) is 5.15 Å². The van der Waals surface area contributed by atoms with Gasteiger partial charge in [0.25, 0.3) is 0 Å². The van der Waals surface area contributed by atoms with Crippen molar-refractivity contribution in [3.05, 3.63) is 17.5 Å². The summed E-state index contributed by atoms with van der Waals surface area (Å²) in [5.41, 5.74) is -0.903. The van der Waals surface area contributed by atoms with Gasteiger partial charge in [-0.05, 0) is 12.8 Å². The monoisotopic (exact) mass is 241 g/mol. The highest BCUT2D eigenvalue weighted by molar-refractivity contribution is 6.29. The van der Waals surface area contributed by atoms with E-state index in [1.54, 1.807) is 0 Å². The Morgan fingerprint density at radius 2 is 2.12 bits per heavy atom. The summed E-state index contributed by atoms with van der Waals surface area (Å²) in [5, 5.41) is 12.4. The van der Waals surface area contributed by atoms with Crippen molar-refractivity contribution in [2.45, 2.75) is 31.2 Å². The molecule has 5 nitrogen and oxygen atoms in total. The number of halogens is 1. The van der Waals surface area contributed by atoms with Crippen molar-refractivity contribution in [3.8, 4) is 0 Å².